The molecule has 26 heavy (non-hydrogen) atoms. The van der Waals surface area contributed by atoms with Crippen LogP contribution in [0.4, 0.5) is 0 Å². The molecule has 0 saturated carbocycles. The molecule has 1 aromatic rings. The van der Waals surface area contributed by atoms with Crippen molar-refractivity contribution in [3.05, 3.63) is 60.2 Å². The van der Waals surface area contributed by atoms with Crippen LogP contribution >= 0.6 is 0 Å². The van der Waals surface area contributed by atoms with E-state index in [1.807, 2.05) is 43.3 Å². The molecule has 136 valence electrons. The lowest BCUT2D eigenvalue weighted by Crippen LogP contribution is -2.46. The first-order valence-electron chi connectivity index (χ1n) is 9.01. The average molecular weight is 352 g/mol. The fourth-order valence-electron chi connectivity index (χ4n) is 4.75. The van der Waals surface area contributed by atoms with Crippen molar-refractivity contribution in [3.63, 3.8) is 0 Å². The summed E-state index contributed by atoms with van der Waals surface area (Å²) in [6.07, 6.45) is 4.41. The number of rotatable bonds is 6. The summed E-state index contributed by atoms with van der Waals surface area (Å²) in [5, 5.41) is 11.7. The third-order valence-corrected chi connectivity index (χ3v) is 5.83. The lowest BCUT2D eigenvalue weighted by molar-refractivity contribution is -0.313. The van der Waals surface area contributed by atoms with Crippen LogP contribution in [0.25, 0.3) is 0 Å². The van der Waals surface area contributed by atoms with Crippen LogP contribution in [0.1, 0.15) is 18.9 Å². The Labute approximate surface area is 152 Å². The first kappa shape index (κ1) is 17.0. The quantitative estimate of drug-likeness (QED) is 0.719. The SMILES string of the molecule is C=C(C)C[C@@H]1N(CCc2ccccc2)C(=O)[C@@H]2[C@H](C(=O)[O-])[C@@H]3C=C[C@]21O3. The van der Waals surface area contributed by atoms with E-state index in [0.717, 1.165) is 11.1 Å². The highest BCUT2D eigenvalue weighted by atomic mass is 16.5. The zero-order chi connectivity index (χ0) is 18.5. The largest absolute Gasteiger partial charge is 0.550 e. The number of carbonyl (C=O) groups excluding carboxylic acids is 2. The van der Waals surface area contributed by atoms with Crippen LogP contribution in [-0.4, -0.2) is 41.1 Å². The highest BCUT2D eigenvalue weighted by Crippen LogP contribution is 2.55. The van der Waals surface area contributed by atoms with E-state index in [-0.39, 0.29) is 11.9 Å². The van der Waals surface area contributed by atoms with E-state index in [4.69, 9.17) is 4.74 Å². The minimum absolute atomic E-state index is 0.145. The van der Waals surface area contributed by atoms with Crippen LogP contribution in [0.5, 0.6) is 0 Å². The molecular formula is C21H22NO4-. The Morgan fingerprint density at radius 3 is 2.73 bits per heavy atom. The van der Waals surface area contributed by atoms with Crippen molar-refractivity contribution in [3.8, 4) is 0 Å². The van der Waals surface area contributed by atoms with E-state index in [9.17, 15) is 14.7 Å². The van der Waals surface area contributed by atoms with Gasteiger partial charge in [0.1, 0.15) is 5.60 Å². The predicted molar refractivity (Wildman–Crippen MR) is 93.8 cm³/mol. The number of aliphatic carboxylic acids is 1. The Kier molecular flexibility index (Phi) is 3.99. The minimum atomic E-state index is -1.21. The average Bonchev–Trinajstić information content (AvgIpc) is 3.24. The standard InChI is InChI=1S/C21H23NO4/c1-13(2)12-16-21-10-8-15(26-21)17(20(24)25)18(21)19(23)22(16)11-9-14-6-4-3-5-7-14/h3-8,10,15-18H,1,9,11-12H2,2H3,(H,24,25)/p-1/t15-,16-,17+,18-,21+/m0/s1. The van der Waals surface area contributed by atoms with Crippen LogP contribution < -0.4 is 5.11 Å². The molecule has 0 unspecified atom stereocenters. The highest BCUT2D eigenvalue weighted by Gasteiger charge is 2.69. The molecule has 2 fully saturated rings. The van der Waals surface area contributed by atoms with Gasteiger partial charge in [0.05, 0.1) is 18.1 Å². The van der Waals surface area contributed by atoms with E-state index >= 15 is 0 Å². The topological polar surface area (TPSA) is 69.7 Å². The molecule has 1 spiro atoms. The Morgan fingerprint density at radius 1 is 1.35 bits per heavy atom. The Hall–Kier alpha value is -2.40. The number of carbonyl (C=O) groups is 2. The molecule has 4 rings (SSSR count). The van der Waals surface area contributed by atoms with E-state index in [1.54, 1.807) is 11.0 Å². The van der Waals surface area contributed by atoms with Crippen molar-refractivity contribution in [2.75, 3.05) is 6.54 Å². The molecule has 0 radical (unpaired) electrons. The van der Waals surface area contributed by atoms with Gasteiger partial charge >= 0.3 is 0 Å². The number of fused-ring (bicyclic) bond motifs is 1. The van der Waals surface area contributed by atoms with Gasteiger partial charge in [-0.05, 0) is 25.3 Å². The second-order valence-corrected chi connectivity index (χ2v) is 7.56. The van der Waals surface area contributed by atoms with Crippen LogP contribution in [0.2, 0.25) is 0 Å². The fourth-order valence-corrected chi connectivity index (χ4v) is 4.75. The number of likely N-dealkylation sites (tertiary alicyclic amines) is 1. The first-order valence-corrected chi connectivity index (χ1v) is 9.01. The van der Waals surface area contributed by atoms with Gasteiger partial charge in [-0.1, -0.05) is 48.1 Å². The molecule has 3 heterocycles. The van der Waals surface area contributed by atoms with Gasteiger partial charge in [-0.15, -0.1) is 6.58 Å². The van der Waals surface area contributed by atoms with Crippen molar-refractivity contribution in [2.45, 2.75) is 37.5 Å². The van der Waals surface area contributed by atoms with Gasteiger partial charge in [-0.2, -0.15) is 0 Å². The van der Waals surface area contributed by atoms with E-state index in [2.05, 4.69) is 6.58 Å². The maximum Gasteiger partial charge on any atom is 0.230 e. The smallest absolute Gasteiger partial charge is 0.230 e. The molecule has 0 N–H and O–H groups in total. The van der Waals surface area contributed by atoms with Crippen LogP contribution in [0.3, 0.4) is 0 Å². The van der Waals surface area contributed by atoms with Crippen molar-refractivity contribution in [1.82, 2.24) is 4.90 Å². The van der Waals surface area contributed by atoms with E-state index in [0.29, 0.717) is 19.4 Å². The first-order chi connectivity index (χ1) is 12.4. The van der Waals surface area contributed by atoms with Crippen LogP contribution in [0.15, 0.2) is 54.6 Å². The zero-order valence-electron chi connectivity index (χ0n) is 14.8. The molecule has 1 aromatic carbocycles. The summed E-state index contributed by atoms with van der Waals surface area (Å²) >= 11 is 0. The summed E-state index contributed by atoms with van der Waals surface area (Å²) in [7, 11) is 0. The molecule has 3 aliphatic heterocycles. The zero-order valence-corrected chi connectivity index (χ0v) is 14.8. The van der Waals surface area contributed by atoms with E-state index in [1.165, 1.54) is 0 Å². The predicted octanol–water partition coefficient (Wildman–Crippen LogP) is 1.10. The third-order valence-electron chi connectivity index (χ3n) is 5.83. The molecule has 5 nitrogen and oxygen atoms in total. The molecule has 5 heteroatoms. The summed E-state index contributed by atoms with van der Waals surface area (Å²) in [4.78, 5) is 26.7. The Bertz CT molecular complexity index is 786. The summed E-state index contributed by atoms with van der Waals surface area (Å²) in [5.74, 6) is -2.98. The summed E-state index contributed by atoms with van der Waals surface area (Å²) in [6, 6.07) is 9.73. The molecular weight excluding hydrogens is 330 g/mol. The minimum Gasteiger partial charge on any atom is -0.550 e. The monoisotopic (exact) mass is 352 g/mol. The maximum atomic E-state index is 13.2. The van der Waals surface area contributed by atoms with Crippen molar-refractivity contribution in [2.24, 2.45) is 11.8 Å². The molecule has 2 saturated heterocycles. The number of amides is 1. The number of ether oxygens (including phenoxy) is 1. The Morgan fingerprint density at radius 2 is 2.08 bits per heavy atom. The second kappa shape index (κ2) is 6.09. The molecule has 5 atom stereocenters. The number of hydrogen-bond acceptors (Lipinski definition) is 4. The van der Waals surface area contributed by atoms with Crippen LogP contribution in [0, 0.1) is 11.8 Å². The van der Waals surface area contributed by atoms with E-state index < -0.39 is 29.5 Å². The summed E-state index contributed by atoms with van der Waals surface area (Å²) < 4.78 is 6.09. The van der Waals surface area contributed by atoms with Crippen LogP contribution in [-0.2, 0) is 20.7 Å². The fraction of sp³-hybridized carbons (Fsp3) is 0.429. The number of nitrogens with zero attached hydrogens (tertiary/aromatic N) is 1. The van der Waals surface area contributed by atoms with Crippen molar-refractivity contribution in [1.29, 1.82) is 0 Å². The maximum absolute atomic E-state index is 13.2. The van der Waals surface area contributed by atoms with Gasteiger partial charge in [0.15, 0.2) is 0 Å². The number of carboxylic acid groups (broad SMARTS) is 1. The van der Waals surface area contributed by atoms with Gasteiger partial charge in [0.2, 0.25) is 5.91 Å². The lowest BCUT2D eigenvalue weighted by atomic mass is 9.74. The second-order valence-electron chi connectivity index (χ2n) is 7.56. The van der Waals surface area contributed by atoms with Gasteiger partial charge in [0.25, 0.3) is 0 Å². The number of carboxylic acids is 1. The molecule has 1 amide bonds. The molecule has 2 bridgehead atoms. The molecule has 0 aliphatic carbocycles. The number of hydrogen-bond donors (Lipinski definition) is 0. The van der Waals surface area contributed by atoms with Gasteiger partial charge in [-0.3, -0.25) is 4.79 Å². The van der Waals surface area contributed by atoms with Gasteiger partial charge in [0, 0.05) is 18.4 Å². The van der Waals surface area contributed by atoms with Gasteiger partial charge in [-0.25, -0.2) is 0 Å². The number of benzene rings is 1. The van der Waals surface area contributed by atoms with Crippen molar-refractivity contribution < 1.29 is 19.4 Å². The van der Waals surface area contributed by atoms with Gasteiger partial charge < -0.3 is 19.5 Å². The van der Waals surface area contributed by atoms with Crippen molar-refractivity contribution >= 4 is 11.9 Å². The summed E-state index contributed by atoms with van der Waals surface area (Å²) in [6.45, 7) is 6.45. The highest BCUT2D eigenvalue weighted by molar-refractivity contribution is 5.91. The lowest BCUT2D eigenvalue weighted by Gasteiger charge is -2.33. The summed E-state index contributed by atoms with van der Waals surface area (Å²) in [5.41, 5.74) is 1.21. The molecule has 3 aliphatic rings. The Balaban J connectivity index is 1.65. The molecule has 0 aromatic heterocycles. The third kappa shape index (κ3) is 2.42. The normalized spacial score (nSPS) is 34.3.